The lowest BCUT2D eigenvalue weighted by atomic mass is 10.1. The quantitative estimate of drug-likeness (QED) is 0.547. The van der Waals surface area contributed by atoms with Crippen LogP contribution in [0.25, 0.3) is 11.5 Å². The lowest BCUT2D eigenvalue weighted by Gasteiger charge is -2.11. The van der Waals surface area contributed by atoms with Crippen molar-refractivity contribution in [2.45, 2.75) is 32.4 Å². The summed E-state index contributed by atoms with van der Waals surface area (Å²) in [5.74, 6) is 1.26. The van der Waals surface area contributed by atoms with E-state index in [1.54, 1.807) is 0 Å². The highest BCUT2D eigenvalue weighted by Gasteiger charge is 2.27. The Hall–Kier alpha value is -3.81. The highest BCUT2D eigenvalue weighted by molar-refractivity contribution is 5.53. The third-order valence-electron chi connectivity index (χ3n) is 5.32. The van der Waals surface area contributed by atoms with Crippen molar-refractivity contribution in [3.05, 3.63) is 92.1 Å². The molecule has 2 aromatic carbocycles. The van der Waals surface area contributed by atoms with E-state index in [4.69, 9.17) is 13.7 Å². The summed E-state index contributed by atoms with van der Waals surface area (Å²) in [6, 6.07) is 15.2. The number of aromatic nitrogens is 3. The standard InChI is InChI=1S/C22H19N3O5/c1-13-18(23-20(29-13)14-5-3-2-4-6-14)12-28-16-8-9-17-15(11-16)7-10-19(17)25-21(26)24-22(27)30-25/h2-6,8-9,11,19H,7,10,12H2,1H3,(H,24,26,27). The first-order valence-electron chi connectivity index (χ1n) is 9.68. The molecule has 0 saturated carbocycles. The van der Waals surface area contributed by atoms with Gasteiger partial charge in [0.1, 0.15) is 23.8 Å². The van der Waals surface area contributed by atoms with Gasteiger partial charge in [-0.05, 0) is 55.2 Å². The van der Waals surface area contributed by atoms with Gasteiger partial charge < -0.3 is 13.7 Å². The van der Waals surface area contributed by atoms with Crippen molar-refractivity contribution >= 4 is 0 Å². The van der Waals surface area contributed by atoms with Gasteiger partial charge in [0.15, 0.2) is 0 Å². The Bertz CT molecular complexity index is 1310. The average Bonchev–Trinajstić information content (AvgIpc) is 3.43. The molecular weight excluding hydrogens is 386 g/mol. The molecule has 2 aromatic heterocycles. The van der Waals surface area contributed by atoms with E-state index in [2.05, 4.69) is 9.97 Å². The molecule has 1 aliphatic carbocycles. The predicted molar refractivity (Wildman–Crippen MR) is 107 cm³/mol. The molecule has 152 valence electrons. The monoisotopic (exact) mass is 405 g/mol. The molecule has 0 bridgehead atoms. The highest BCUT2D eigenvalue weighted by Crippen LogP contribution is 2.35. The molecule has 1 N–H and O–H groups in total. The van der Waals surface area contributed by atoms with Gasteiger partial charge in [-0.1, -0.05) is 24.3 Å². The van der Waals surface area contributed by atoms with Crippen LogP contribution in [0, 0.1) is 6.92 Å². The summed E-state index contributed by atoms with van der Waals surface area (Å²) in [7, 11) is 0. The fraction of sp³-hybridized carbons (Fsp3) is 0.227. The Morgan fingerprint density at radius 2 is 2.03 bits per heavy atom. The van der Waals surface area contributed by atoms with Crippen molar-refractivity contribution in [2.75, 3.05) is 0 Å². The van der Waals surface area contributed by atoms with Crippen molar-refractivity contribution in [1.82, 2.24) is 14.7 Å². The maximum Gasteiger partial charge on any atom is 0.440 e. The van der Waals surface area contributed by atoms with Crippen LogP contribution >= 0.6 is 0 Å². The lowest BCUT2D eigenvalue weighted by Crippen LogP contribution is -2.21. The van der Waals surface area contributed by atoms with Gasteiger partial charge in [-0.3, -0.25) is 0 Å². The van der Waals surface area contributed by atoms with Crippen LogP contribution in [0.5, 0.6) is 5.75 Å². The number of fused-ring (bicyclic) bond motifs is 1. The van der Waals surface area contributed by atoms with Crippen LogP contribution in [-0.2, 0) is 13.0 Å². The molecule has 5 rings (SSSR count). The summed E-state index contributed by atoms with van der Waals surface area (Å²) in [4.78, 5) is 29.9. The first-order valence-corrected chi connectivity index (χ1v) is 9.68. The number of H-pyrrole nitrogens is 1. The predicted octanol–water partition coefficient (Wildman–Crippen LogP) is 3.21. The van der Waals surface area contributed by atoms with Crippen LogP contribution in [0.3, 0.4) is 0 Å². The third-order valence-corrected chi connectivity index (χ3v) is 5.32. The molecule has 8 nitrogen and oxygen atoms in total. The van der Waals surface area contributed by atoms with E-state index in [-0.39, 0.29) is 12.6 Å². The molecule has 30 heavy (non-hydrogen) atoms. The number of rotatable bonds is 5. The smallest absolute Gasteiger partial charge is 0.440 e. The van der Waals surface area contributed by atoms with Gasteiger partial charge in [0, 0.05) is 5.56 Å². The summed E-state index contributed by atoms with van der Waals surface area (Å²) in [5.41, 5.74) is 3.15. The summed E-state index contributed by atoms with van der Waals surface area (Å²) in [6.45, 7) is 2.16. The average molecular weight is 405 g/mol. The van der Waals surface area contributed by atoms with Gasteiger partial charge >= 0.3 is 11.4 Å². The van der Waals surface area contributed by atoms with Crippen molar-refractivity contribution in [3.8, 4) is 17.2 Å². The fourth-order valence-electron chi connectivity index (χ4n) is 3.82. The van der Waals surface area contributed by atoms with E-state index in [0.29, 0.717) is 18.1 Å². The summed E-state index contributed by atoms with van der Waals surface area (Å²) in [5, 5.41) is 0. The number of oxazole rings is 1. The first-order chi connectivity index (χ1) is 14.6. The molecule has 1 unspecified atom stereocenters. The fourth-order valence-corrected chi connectivity index (χ4v) is 3.82. The van der Waals surface area contributed by atoms with E-state index in [1.807, 2.05) is 55.5 Å². The zero-order chi connectivity index (χ0) is 20.7. The summed E-state index contributed by atoms with van der Waals surface area (Å²) in [6.07, 6.45) is 1.45. The molecule has 1 atom stereocenters. The van der Waals surface area contributed by atoms with E-state index in [9.17, 15) is 9.59 Å². The number of hydrogen-bond acceptors (Lipinski definition) is 6. The van der Waals surface area contributed by atoms with Crippen LogP contribution in [0.15, 0.2) is 67.1 Å². The van der Waals surface area contributed by atoms with Crippen molar-refractivity contribution in [3.63, 3.8) is 0 Å². The number of nitrogens with one attached hydrogen (secondary N) is 1. The number of ether oxygens (including phenoxy) is 1. The second-order valence-electron chi connectivity index (χ2n) is 7.23. The molecule has 0 spiro atoms. The Kier molecular flexibility index (Phi) is 4.39. The normalized spacial score (nSPS) is 15.3. The van der Waals surface area contributed by atoms with Crippen LogP contribution in [0.1, 0.15) is 35.0 Å². The molecule has 8 heteroatoms. The van der Waals surface area contributed by atoms with Gasteiger partial charge in [-0.25, -0.2) is 19.6 Å². The highest BCUT2D eigenvalue weighted by atomic mass is 16.5. The topological polar surface area (TPSA) is 103 Å². The maximum absolute atomic E-state index is 11.9. The van der Waals surface area contributed by atoms with Crippen molar-refractivity contribution in [1.29, 1.82) is 0 Å². The van der Waals surface area contributed by atoms with Crippen LogP contribution < -0.4 is 16.2 Å². The minimum atomic E-state index is -0.744. The molecule has 0 saturated heterocycles. The first kappa shape index (κ1) is 18.2. The number of aromatic amines is 1. The van der Waals surface area contributed by atoms with Crippen molar-refractivity contribution < 1.29 is 13.7 Å². The third kappa shape index (κ3) is 3.26. The summed E-state index contributed by atoms with van der Waals surface area (Å²) >= 11 is 0. The Morgan fingerprint density at radius 3 is 2.80 bits per heavy atom. The Morgan fingerprint density at radius 1 is 1.20 bits per heavy atom. The van der Waals surface area contributed by atoms with E-state index < -0.39 is 11.4 Å². The second-order valence-corrected chi connectivity index (χ2v) is 7.23. The van der Waals surface area contributed by atoms with Gasteiger partial charge in [0.05, 0.1) is 6.04 Å². The molecule has 1 aliphatic rings. The summed E-state index contributed by atoms with van der Waals surface area (Å²) < 4.78 is 17.8. The molecule has 0 radical (unpaired) electrons. The molecule has 0 amide bonds. The Labute approximate surface area is 170 Å². The zero-order valence-corrected chi connectivity index (χ0v) is 16.3. The van der Waals surface area contributed by atoms with Gasteiger partial charge in [-0.15, -0.1) is 4.74 Å². The van der Waals surface area contributed by atoms with Crippen LogP contribution in [0.4, 0.5) is 0 Å². The number of aryl methyl sites for hydroxylation is 2. The largest absolute Gasteiger partial charge is 0.487 e. The van der Waals surface area contributed by atoms with Crippen LogP contribution in [-0.4, -0.2) is 14.7 Å². The van der Waals surface area contributed by atoms with E-state index in [0.717, 1.165) is 39.3 Å². The SMILES string of the molecule is Cc1oc(-c2ccccc2)nc1COc1ccc2c(c1)CCC2n1oc(=O)[nH]c1=O. The molecule has 2 heterocycles. The van der Waals surface area contributed by atoms with Gasteiger partial charge in [-0.2, -0.15) is 0 Å². The second kappa shape index (κ2) is 7.22. The number of nitrogens with zero attached hydrogens (tertiary/aromatic N) is 2. The molecule has 0 aliphatic heterocycles. The minimum absolute atomic E-state index is 0.285. The van der Waals surface area contributed by atoms with E-state index in [1.165, 1.54) is 0 Å². The number of hydrogen-bond donors (Lipinski definition) is 1. The van der Waals surface area contributed by atoms with Gasteiger partial charge in [0.2, 0.25) is 5.89 Å². The van der Waals surface area contributed by atoms with E-state index >= 15 is 0 Å². The Balaban J connectivity index is 1.33. The molecule has 0 fully saturated rings. The van der Waals surface area contributed by atoms with Crippen molar-refractivity contribution in [2.24, 2.45) is 0 Å². The zero-order valence-electron chi connectivity index (χ0n) is 16.3. The maximum atomic E-state index is 11.9. The molecule has 4 aromatic rings. The van der Waals surface area contributed by atoms with Gasteiger partial charge in [0.25, 0.3) is 0 Å². The number of benzene rings is 2. The lowest BCUT2D eigenvalue weighted by molar-refractivity contribution is 0.217. The minimum Gasteiger partial charge on any atom is -0.487 e. The molecular formula is C22H19N3O5. The van der Waals surface area contributed by atoms with Crippen LogP contribution in [0.2, 0.25) is 0 Å².